The molecular weight excluding hydrogens is 292 g/mol. The number of halogens is 3. The van der Waals surface area contributed by atoms with Crippen molar-refractivity contribution >= 4 is 11.6 Å². The van der Waals surface area contributed by atoms with Crippen molar-refractivity contribution in [2.24, 2.45) is 0 Å². The summed E-state index contributed by atoms with van der Waals surface area (Å²) >= 11 is 6.07. The van der Waals surface area contributed by atoms with Crippen LogP contribution in [0.4, 0.5) is 8.78 Å². The Hall–Kier alpha value is -1.45. The maximum atomic E-state index is 13.5. The second-order valence-electron chi connectivity index (χ2n) is 5.46. The van der Waals surface area contributed by atoms with Gasteiger partial charge in [-0.15, -0.1) is 0 Å². The number of benzene rings is 2. The van der Waals surface area contributed by atoms with Crippen molar-refractivity contribution in [1.29, 1.82) is 0 Å². The van der Waals surface area contributed by atoms with Gasteiger partial charge in [0.15, 0.2) is 0 Å². The van der Waals surface area contributed by atoms with Crippen LogP contribution in [0.5, 0.6) is 0 Å². The first-order valence-corrected chi connectivity index (χ1v) is 7.43. The Morgan fingerprint density at radius 2 is 1.71 bits per heavy atom. The van der Waals surface area contributed by atoms with Crippen LogP contribution < -0.4 is 5.32 Å². The zero-order valence-corrected chi connectivity index (χ0v) is 12.2. The lowest BCUT2D eigenvalue weighted by Crippen LogP contribution is -2.34. The third-order valence-electron chi connectivity index (χ3n) is 4.07. The Kier molecular flexibility index (Phi) is 4.22. The molecule has 0 saturated carbocycles. The van der Waals surface area contributed by atoms with Crippen LogP contribution in [0.25, 0.3) is 0 Å². The Morgan fingerprint density at radius 1 is 0.952 bits per heavy atom. The summed E-state index contributed by atoms with van der Waals surface area (Å²) in [5.41, 5.74) is 1.82. The Bertz CT molecular complexity index is 624. The van der Waals surface area contributed by atoms with E-state index in [1.54, 1.807) is 0 Å². The molecule has 1 aliphatic heterocycles. The van der Waals surface area contributed by atoms with Gasteiger partial charge >= 0.3 is 0 Å². The van der Waals surface area contributed by atoms with Gasteiger partial charge in [0.1, 0.15) is 11.6 Å². The molecule has 1 nitrogen and oxygen atoms in total. The molecule has 1 saturated heterocycles. The van der Waals surface area contributed by atoms with Crippen LogP contribution >= 0.6 is 11.6 Å². The second kappa shape index (κ2) is 6.12. The first-order chi connectivity index (χ1) is 10.1. The summed E-state index contributed by atoms with van der Waals surface area (Å²) in [5, 5.41) is 4.03. The molecule has 0 bridgehead atoms. The summed E-state index contributed by atoms with van der Waals surface area (Å²) in [5.74, 6) is -0.782. The Morgan fingerprint density at radius 3 is 2.43 bits per heavy atom. The van der Waals surface area contributed by atoms with Gasteiger partial charge in [-0.1, -0.05) is 23.7 Å². The summed E-state index contributed by atoms with van der Waals surface area (Å²) in [6.45, 7) is 1.63. The van der Waals surface area contributed by atoms with E-state index in [9.17, 15) is 8.78 Å². The molecule has 110 valence electrons. The van der Waals surface area contributed by atoms with Gasteiger partial charge in [-0.05, 0) is 54.3 Å². The van der Waals surface area contributed by atoms with E-state index in [1.165, 1.54) is 12.1 Å². The van der Waals surface area contributed by atoms with Crippen molar-refractivity contribution in [3.63, 3.8) is 0 Å². The van der Waals surface area contributed by atoms with Crippen LogP contribution in [0.2, 0.25) is 5.02 Å². The number of piperidine rings is 1. The summed E-state index contributed by atoms with van der Waals surface area (Å²) in [6, 6.07) is 11.5. The lowest BCUT2D eigenvalue weighted by atomic mass is 9.77. The number of hydrogen-bond donors (Lipinski definition) is 1. The monoisotopic (exact) mass is 307 g/mol. The van der Waals surface area contributed by atoms with Crippen molar-refractivity contribution < 1.29 is 8.78 Å². The van der Waals surface area contributed by atoms with E-state index >= 15 is 0 Å². The SMILES string of the molecule is Fc1cc(F)cc(C2CCNCC2c2cccc(Cl)c2)c1. The standard InChI is InChI=1S/C17H16ClF2N/c18-13-3-1-2-11(6-13)17-10-21-5-4-16(17)12-7-14(19)9-15(20)8-12/h1-3,6-9,16-17,21H,4-5,10H2. The largest absolute Gasteiger partial charge is 0.316 e. The van der Waals surface area contributed by atoms with Gasteiger partial charge in [0.05, 0.1) is 0 Å². The van der Waals surface area contributed by atoms with Crippen molar-refractivity contribution in [3.8, 4) is 0 Å². The number of hydrogen-bond acceptors (Lipinski definition) is 1. The molecule has 2 aromatic rings. The highest BCUT2D eigenvalue weighted by Gasteiger charge is 2.28. The molecule has 1 N–H and O–H groups in total. The van der Waals surface area contributed by atoms with E-state index in [0.717, 1.165) is 36.7 Å². The highest BCUT2D eigenvalue weighted by Crippen LogP contribution is 2.38. The highest BCUT2D eigenvalue weighted by molar-refractivity contribution is 6.30. The summed E-state index contributed by atoms with van der Waals surface area (Å²) in [6.07, 6.45) is 0.847. The molecule has 0 aromatic heterocycles. The van der Waals surface area contributed by atoms with Crippen molar-refractivity contribution in [1.82, 2.24) is 5.32 Å². The van der Waals surface area contributed by atoms with Crippen LogP contribution in [0.3, 0.4) is 0 Å². The van der Waals surface area contributed by atoms with Crippen LogP contribution in [-0.4, -0.2) is 13.1 Å². The van der Waals surface area contributed by atoms with Crippen molar-refractivity contribution in [2.45, 2.75) is 18.3 Å². The van der Waals surface area contributed by atoms with Crippen molar-refractivity contribution in [3.05, 3.63) is 70.2 Å². The fourth-order valence-corrected chi connectivity index (χ4v) is 3.33. The number of nitrogens with one attached hydrogen (secondary N) is 1. The molecule has 1 heterocycles. The smallest absolute Gasteiger partial charge is 0.126 e. The first-order valence-electron chi connectivity index (χ1n) is 7.05. The quantitative estimate of drug-likeness (QED) is 0.862. The lowest BCUT2D eigenvalue weighted by Gasteiger charge is -2.33. The molecule has 3 rings (SSSR count). The average molecular weight is 308 g/mol. The molecule has 0 amide bonds. The van der Waals surface area contributed by atoms with E-state index in [2.05, 4.69) is 5.32 Å². The van der Waals surface area contributed by atoms with Gasteiger partial charge in [-0.25, -0.2) is 8.78 Å². The minimum atomic E-state index is -0.520. The Balaban J connectivity index is 1.98. The van der Waals surface area contributed by atoms with Gasteiger partial charge in [0.25, 0.3) is 0 Å². The molecule has 0 spiro atoms. The normalized spacial score (nSPS) is 22.2. The lowest BCUT2D eigenvalue weighted by molar-refractivity contribution is 0.401. The fourth-order valence-electron chi connectivity index (χ4n) is 3.13. The third-order valence-corrected chi connectivity index (χ3v) is 4.31. The maximum Gasteiger partial charge on any atom is 0.126 e. The van der Waals surface area contributed by atoms with E-state index in [0.29, 0.717) is 5.02 Å². The van der Waals surface area contributed by atoms with Gasteiger partial charge in [0.2, 0.25) is 0 Å². The predicted molar refractivity (Wildman–Crippen MR) is 80.8 cm³/mol. The zero-order chi connectivity index (χ0) is 14.8. The first kappa shape index (κ1) is 14.5. The fraction of sp³-hybridized carbons (Fsp3) is 0.294. The minimum absolute atomic E-state index is 0.0925. The topological polar surface area (TPSA) is 12.0 Å². The molecule has 2 unspecified atom stereocenters. The van der Waals surface area contributed by atoms with Crippen molar-refractivity contribution in [2.75, 3.05) is 13.1 Å². The van der Waals surface area contributed by atoms with Crippen LogP contribution in [0, 0.1) is 11.6 Å². The molecule has 0 radical (unpaired) electrons. The zero-order valence-electron chi connectivity index (χ0n) is 11.5. The molecule has 2 atom stereocenters. The number of rotatable bonds is 2. The van der Waals surface area contributed by atoms with E-state index < -0.39 is 11.6 Å². The molecule has 1 fully saturated rings. The third kappa shape index (κ3) is 3.25. The molecular formula is C17H16ClF2N. The molecule has 21 heavy (non-hydrogen) atoms. The highest BCUT2D eigenvalue weighted by atomic mass is 35.5. The second-order valence-corrected chi connectivity index (χ2v) is 5.90. The molecule has 2 aromatic carbocycles. The average Bonchev–Trinajstić information content (AvgIpc) is 2.46. The minimum Gasteiger partial charge on any atom is -0.316 e. The maximum absolute atomic E-state index is 13.5. The van der Waals surface area contributed by atoms with E-state index in [4.69, 9.17) is 11.6 Å². The van der Waals surface area contributed by atoms with E-state index in [1.807, 2.05) is 24.3 Å². The summed E-state index contributed by atoms with van der Waals surface area (Å²) < 4.78 is 27.0. The van der Waals surface area contributed by atoms with Crippen LogP contribution in [0.1, 0.15) is 29.4 Å². The van der Waals surface area contributed by atoms with Gasteiger partial charge < -0.3 is 5.32 Å². The molecule has 4 heteroatoms. The summed E-state index contributed by atoms with van der Waals surface area (Å²) in [4.78, 5) is 0. The molecule has 0 aliphatic carbocycles. The van der Waals surface area contributed by atoms with Crippen LogP contribution in [0.15, 0.2) is 42.5 Å². The van der Waals surface area contributed by atoms with Crippen LogP contribution in [-0.2, 0) is 0 Å². The predicted octanol–water partition coefficient (Wildman–Crippen LogP) is 4.48. The van der Waals surface area contributed by atoms with Gasteiger partial charge in [-0.2, -0.15) is 0 Å². The van der Waals surface area contributed by atoms with Gasteiger partial charge in [0, 0.05) is 23.6 Å². The van der Waals surface area contributed by atoms with Gasteiger partial charge in [-0.3, -0.25) is 0 Å². The molecule has 1 aliphatic rings. The Labute approximate surface area is 127 Å². The van der Waals surface area contributed by atoms with E-state index in [-0.39, 0.29) is 11.8 Å². The summed E-state index contributed by atoms with van der Waals surface area (Å²) in [7, 11) is 0.